The summed E-state index contributed by atoms with van der Waals surface area (Å²) in [7, 11) is 0. The summed E-state index contributed by atoms with van der Waals surface area (Å²) in [4.78, 5) is 32.7. The van der Waals surface area contributed by atoms with Gasteiger partial charge < -0.3 is 14.0 Å². The van der Waals surface area contributed by atoms with E-state index in [9.17, 15) is 9.59 Å². The highest BCUT2D eigenvalue weighted by Crippen LogP contribution is 2.36. The Labute approximate surface area is 243 Å². The Balaban J connectivity index is 1.71. The average Bonchev–Trinajstić information content (AvgIpc) is 3.38. The summed E-state index contributed by atoms with van der Waals surface area (Å²) in [6.45, 7) is 13.9. The van der Waals surface area contributed by atoms with E-state index in [1.165, 1.54) is 16.9 Å². The molecule has 0 fully saturated rings. The summed E-state index contributed by atoms with van der Waals surface area (Å²) in [5.41, 5.74) is 6.69. The molecule has 0 N–H and O–H groups in total. The minimum atomic E-state index is -0.734. The van der Waals surface area contributed by atoms with Gasteiger partial charge in [-0.05, 0) is 84.4 Å². The molecule has 5 rings (SSSR count). The molecule has 41 heavy (non-hydrogen) atoms. The molecule has 1 aliphatic rings. The molecule has 212 valence electrons. The fraction of sp³-hybridized carbons (Fsp3) is 0.303. The number of carbonyl (C=O) groups excluding carboxylic acids is 1. The van der Waals surface area contributed by atoms with Crippen molar-refractivity contribution in [3.63, 3.8) is 0 Å². The number of ether oxygens (including phenoxy) is 2. The van der Waals surface area contributed by atoms with E-state index < -0.39 is 12.0 Å². The third kappa shape index (κ3) is 5.32. The Morgan fingerprint density at radius 2 is 1.78 bits per heavy atom. The molecule has 2 aromatic carbocycles. The highest BCUT2D eigenvalue weighted by molar-refractivity contribution is 7.07. The van der Waals surface area contributed by atoms with Crippen LogP contribution in [0.25, 0.3) is 11.8 Å². The number of rotatable bonds is 7. The van der Waals surface area contributed by atoms with Crippen molar-refractivity contribution in [2.45, 2.75) is 60.6 Å². The molecule has 0 saturated heterocycles. The van der Waals surface area contributed by atoms with Gasteiger partial charge in [-0.15, -0.1) is 0 Å². The summed E-state index contributed by atoms with van der Waals surface area (Å²) in [5, 5.41) is 0. The van der Waals surface area contributed by atoms with Gasteiger partial charge in [0.15, 0.2) is 4.80 Å². The fourth-order valence-electron chi connectivity index (χ4n) is 5.32. The second-order valence-electron chi connectivity index (χ2n) is 10.5. The van der Waals surface area contributed by atoms with Crippen LogP contribution in [0.2, 0.25) is 0 Å². The highest BCUT2D eigenvalue weighted by Gasteiger charge is 2.35. The van der Waals surface area contributed by atoms with Gasteiger partial charge in [-0.3, -0.25) is 9.36 Å². The first-order valence-corrected chi connectivity index (χ1v) is 14.6. The lowest BCUT2D eigenvalue weighted by Gasteiger charge is -2.26. The lowest BCUT2D eigenvalue weighted by molar-refractivity contribution is -0.139. The molecular formula is C33H35N3O4S. The van der Waals surface area contributed by atoms with Crippen LogP contribution in [0.5, 0.6) is 5.75 Å². The van der Waals surface area contributed by atoms with E-state index in [0.29, 0.717) is 31.9 Å². The number of fused-ring (bicyclic) bond motifs is 1. The molecule has 0 unspecified atom stereocenters. The first-order chi connectivity index (χ1) is 19.6. The average molecular weight is 570 g/mol. The third-order valence-electron chi connectivity index (χ3n) is 7.14. The van der Waals surface area contributed by atoms with E-state index in [-0.39, 0.29) is 18.3 Å². The maximum atomic E-state index is 14.1. The molecule has 3 heterocycles. The van der Waals surface area contributed by atoms with Crippen LogP contribution < -0.4 is 19.6 Å². The Hall–Kier alpha value is -4.17. The van der Waals surface area contributed by atoms with Crippen LogP contribution in [0.3, 0.4) is 0 Å². The number of para-hydroxylation sites is 1. The zero-order chi connectivity index (χ0) is 29.4. The van der Waals surface area contributed by atoms with Crippen molar-refractivity contribution < 1.29 is 14.3 Å². The van der Waals surface area contributed by atoms with Gasteiger partial charge >= 0.3 is 5.97 Å². The van der Waals surface area contributed by atoms with E-state index in [4.69, 9.17) is 14.5 Å². The van der Waals surface area contributed by atoms with Crippen molar-refractivity contribution in [2.24, 2.45) is 4.99 Å². The van der Waals surface area contributed by atoms with Crippen LogP contribution in [0.1, 0.15) is 61.8 Å². The number of benzene rings is 2. The molecule has 1 atom stereocenters. The van der Waals surface area contributed by atoms with Crippen molar-refractivity contribution in [2.75, 3.05) is 6.61 Å². The summed E-state index contributed by atoms with van der Waals surface area (Å²) in [5.74, 6) is 0.120. The van der Waals surface area contributed by atoms with Crippen molar-refractivity contribution in [1.29, 1.82) is 0 Å². The lowest BCUT2D eigenvalue weighted by atomic mass is 9.95. The Morgan fingerprint density at radius 3 is 2.46 bits per heavy atom. The quantitative estimate of drug-likeness (QED) is 0.283. The number of hydrogen-bond donors (Lipinski definition) is 0. The van der Waals surface area contributed by atoms with Gasteiger partial charge in [0.1, 0.15) is 11.8 Å². The zero-order valence-corrected chi connectivity index (χ0v) is 25.3. The van der Waals surface area contributed by atoms with Crippen molar-refractivity contribution >= 4 is 23.4 Å². The van der Waals surface area contributed by atoms with Gasteiger partial charge in [0, 0.05) is 22.6 Å². The molecule has 4 aromatic rings. The topological polar surface area (TPSA) is 74.8 Å². The molecule has 2 aromatic heterocycles. The molecule has 7 nitrogen and oxygen atoms in total. The first-order valence-electron chi connectivity index (χ1n) is 13.8. The van der Waals surface area contributed by atoms with E-state index in [0.717, 1.165) is 22.6 Å². The Bertz CT molecular complexity index is 1840. The summed E-state index contributed by atoms with van der Waals surface area (Å²) in [6.07, 6.45) is 1.83. The van der Waals surface area contributed by atoms with E-state index in [1.54, 1.807) is 18.4 Å². The van der Waals surface area contributed by atoms with E-state index >= 15 is 0 Å². The van der Waals surface area contributed by atoms with Crippen molar-refractivity contribution in [1.82, 2.24) is 9.13 Å². The van der Waals surface area contributed by atoms with Crippen LogP contribution in [-0.2, 0) is 9.53 Å². The molecule has 0 radical (unpaired) electrons. The first kappa shape index (κ1) is 28.4. The van der Waals surface area contributed by atoms with Gasteiger partial charge in [-0.2, -0.15) is 0 Å². The van der Waals surface area contributed by atoms with Crippen molar-refractivity contribution in [3.05, 3.63) is 114 Å². The Morgan fingerprint density at radius 1 is 1.07 bits per heavy atom. The van der Waals surface area contributed by atoms with Crippen LogP contribution in [0.15, 0.2) is 75.7 Å². The number of esters is 1. The zero-order valence-electron chi connectivity index (χ0n) is 24.5. The second kappa shape index (κ2) is 11.4. The molecule has 8 heteroatoms. The molecule has 0 spiro atoms. The number of carbonyl (C=O) groups is 1. The fourth-order valence-corrected chi connectivity index (χ4v) is 6.36. The number of nitrogens with zero attached hydrogens (tertiary/aromatic N) is 3. The van der Waals surface area contributed by atoms with Gasteiger partial charge in [0.25, 0.3) is 5.56 Å². The lowest BCUT2D eigenvalue weighted by Crippen LogP contribution is -2.40. The normalized spacial score (nSPS) is 15.2. The Kier molecular flexibility index (Phi) is 7.87. The smallest absolute Gasteiger partial charge is 0.338 e. The predicted octanol–water partition coefficient (Wildman–Crippen LogP) is 5.30. The van der Waals surface area contributed by atoms with Crippen LogP contribution >= 0.6 is 11.3 Å². The van der Waals surface area contributed by atoms with Gasteiger partial charge in [-0.25, -0.2) is 9.79 Å². The third-order valence-corrected chi connectivity index (χ3v) is 8.13. The maximum absolute atomic E-state index is 14.1. The number of aryl methyl sites for hydroxylation is 2. The predicted molar refractivity (Wildman–Crippen MR) is 163 cm³/mol. The highest BCUT2D eigenvalue weighted by atomic mass is 32.1. The largest absolute Gasteiger partial charge is 0.491 e. The summed E-state index contributed by atoms with van der Waals surface area (Å²) < 4.78 is 15.9. The van der Waals surface area contributed by atoms with Crippen molar-refractivity contribution in [3.8, 4) is 11.4 Å². The summed E-state index contributed by atoms with van der Waals surface area (Å²) in [6, 6.07) is 17.3. The standard InChI is InChI=1S/C33H35N3O4S/c1-8-39-32(38)29-22(6)34-33-36(30(29)26-11-9-10-12-27(26)40-19(2)3)31(37)28(41-33)18-24-17-21(5)35(23(24)7)25-15-13-20(4)14-16-25/h9-19,30H,8H2,1-7H3/b28-18-/t30-/m1/s1. The minimum Gasteiger partial charge on any atom is -0.491 e. The number of hydrogen-bond acceptors (Lipinski definition) is 6. The van der Waals surface area contributed by atoms with E-state index in [2.05, 4.69) is 55.7 Å². The van der Waals surface area contributed by atoms with E-state index in [1.807, 2.05) is 44.2 Å². The van der Waals surface area contributed by atoms with Crippen LogP contribution in [0.4, 0.5) is 0 Å². The number of allylic oxidation sites excluding steroid dienone is 1. The van der Waals surface area contributed by atoms with Gasteiger partial charge in [0.2, 0.25) is 0 Å². The SMILES string of the molecule is CCOC(=O)C1=C(C)N=c2s/c(=C\c3cc(C)n(-c4ccc(C)cc4)c3C)c(=O)n2[C@@H]1c1ccccc1OC(C)C. The number of aromatic nitrogens is 2. The molecule has 0 aliphatic carbocycles. The molecule has 1 aliphatic heterocycles. The summed E-state index contributed by atoms with van der Waals surface area (Å²) >= 11 is 1.32. The monoisotopic (exact) mass is 569 g/mol. The van der Waals surface area contributed by atoms with Gasteiger partial charge in [0.05, 0.1) is 28.5 Å². The molecule has 0 saturated carbocycles. The van der Waals surface area contributed by atoms with Crippen LogP contribution in [-0.4, -0.2) is 27.8 Å². The van der Waals surface area contributed by atoms with Crippen LogP contribution in [0, 0.1) is 20.8 Å². The molecule has 0 bridgehead atoms. The molecule has 0 amide bonds. The maximum Gasteiger partial charge on any atom is 0.338 e. The van der Waals surface area contributed by atoms with Gasteiger partial charge in [-0.1, -0.05) is 47.2 Å². The molecular weight excluding hydrogens is 534 g/mol. The second-order valence-corrected chi connectivity index (χ2v) is 11.5. The number of thiazole rings is 1. The minimum absolute atomic E-state index is 0.0908.